The first-order valence-electron chi connectivity index (χ1n) is 8.80. The molecule has 5 nitrogen and oxygen atoms in total. The summed E-state index contributed by atoms with van der Waals surface area (Å²) in [5, 5.41) is 0. The van der Waals surface area contributed by atoms with Gasteiger partial charge in [-0.1, -0.05) is 12.1 Å². The molecule has 0 aromatic heterocycles. The summed E-state index contributed by atoms with van der Waals surface area (Å²) in [5.41, 5.74) is 1.96. The van der Waals surface area contributed by atoms with Crippen molar-refractivity contribution in [1.29, 1.82) is 0 Å². The summed E-state index contributed by atoms with van der Waals surface area (Å²) in [4.78, 5) is 25.9. The topological polar surface area (TPSA) is 55.8 Å². The van der Waals surface area contributed by atoms with Crippen LogP contribution in [-0.2, 0) is 14.3 Å². The molecule has 1 aliphatic heterocycles. The van der Waals surface area contributed by atoms with Crippen LogP contribution in [0.4, 0.5) is 9.18 Å². The second kappa shape index (κ2) is 8.34. The van der Waals surface area contributed by atoms with Crippen LogP contribution in [-0.4, -0.2) is 42.3 Å². The summed E-state index contributed by atoms with van der Waals surface area (Å²) >= 11 is 0. The lowest BCUT2D eigenvalue weighted by Crippen LogP contribution is -2.34. The van der Waals surface area contributed by atoms with Gasteiger partial charge in [0, 0.05) is 13.1 Å². The first kappa shape index (κ1) is 19.9. The standard InChI is InChI=1S/C20H26FNO4/c1-5-25-18(23)12-17(14-6-8-16(21)9-7-14)15-10-11-22(13-15)19(24)26-20(2,3)4/h6-9H,5,10-13H2,1-4H3. The maximum absolute atomic E-state index is 13.3. The Morgan fingerprint density at radius 1 is 1.19 bits per heavy atom. The fourth-order valence-corrected chi connectivity index (χ4v) is 2.83. The van der Waals surface area contributed by atoms with Crippen LogP contribution in [0.5, 0.6) is 0 Å². The Morgan fingerprint density at radius 2 is 1.85 bits per heavy atom. The third kappa shape index (κ3) is 5.58. The van der Waals surface area contributed by atoms with Crippen LogP contribution in [0.2, 0.25) is 0 Å². The fraction of sp³-hybridized carbons (Fsp3) is 0.500. The highest BCUT2D eigenvalue weighted by molar-refractivity contribution is 5.87. The number of hydrogen-bond acceptors (Lipinski definition) is 4. The fourth-order valence-electron chi connectivity index (χ4n) is 2.83. The molecular formula is C20H26FNO4. The van der Waals surface area contributed by atoms with E-state index in [-0.39, 0.29) is 24.3 Å². The van der Waals surface area contributed by atoms with Gasteiger partial charge in [0.15, 0.2) is 0 Å². The van der Waals surface area contributed by atoms with Gasteiger partial charge in [-0.25, -0.2) is 9.18 Å². The predicted octanol–water partition coefficient (Wildman–Crippen LogP) is 4.17. The van der Waals surface area contributed by atoms with Crippen LogP contribution in [0, 0.1) is 5.82 Å². The molecule has 1 aromatic rings. The number of halogens is 1. The van der Waals surface area contributed by atoms with Crippen LogP contribution in [0.25, 0.3) is 5.57 Å². The van der Waals surface area contributed by atoms with E-state index in [2.05, 4.69) is 0 Å². The van der Waals surface area contributed by atoms with Gasteiger partial charge in [-0.05, 0) is 63.0 Å². The Kier molecular flexibility index (Phi) is 6.40. The number of ether oxygens (including phenoxy) is 2. The molecule has 1 aliphatic rings. The molecule has 2 rings (SSSR count). The lowest BCUT2D eigenvalue weighted by Gasteiger charge is -2.24. The molecule has 1 amide bonds. The van der Waals surface area contributed by atoms with E-state index >= 15 is 0 Å². The second-order valence-electron chi connectivity index (χ2n) is 7.22. The monoisotopic (exact) mass is 363 g/mol. The number of esters is 1. The molecule has 1 heterocycles. The normalized spacial score (nSPS) is 16.4. The van der Waals surface area contributed by atoms with Crippen molar-refractivity contribution in [2.75, 3.05) is 19.7 Å². The van der Waals surface area contributed by atoms with Crippen LogP contribution in [0.1, 0.15) is 46.1 Å². The summed E-state index contributed by atoms with van der Waals surface area (Å²) in [5.74, 6) is -0.675. The second-order valence-corrected chi connectivity index (χ2v) is 7.22. The lowest BCUT2D eigenvalue weighted by atomic mass is 9.96. The van der Waals surface area contributed by atoms with E-state index in [1.165, 1.54) is 12.1 Å². The van der Waals surface area contributed by atoms with E-state index in [0.717, 1.165) is 16.7 Å². The molecule has 0 aliphatic carbocycles. The minimum Gasteiger partial charge on any atom is -0.466 e. The minimum absolute atomic E-state index is 0.0942. The molecule has 0 atom stereocenters. The largest absolute Gasteiger partial charge is 0.466 e. The third-order valence-electron chi connectivity index (χ3n) is 3.96. The Morgan fingerprint density at radius 3 is 2.42 bits per heavy atom. The van der Waals surface area contributed by atoms with Crippen molar-refractivity contribution in [2.24, 2.45) is 0 Å². The molecule has 0 unspecified atom stereocenters. The van der Waals surface area contributed by atoms with Crippen molar-refractivity contribution in [3.8, 4) is 0 Å². The number of amides is 1. The average Bonchev–Trinajstić information content (AvgIpc) is 3.02. The van der Waals surface area contributed by atoms with Crippen molar-refractivity contribution in [3.05, 3.63) is 41.2 Å². The third-order valence-corrected chi connectivity index (χ3v) is 3.96. The molecule has 0 radical (unpaired) electrons. The molecule has 0 bridgehead atoms. The number of nitrogens with zero attached hydrogens (tertiary/aromatic N) is 1. The molecular weight excluding hydrogens is 337 g/mol. The Labute approximate surface area is 153 Å². The molecule has 0 N–H and O–H groups in total. The van der Waals surface area contributed by atoms with E-state index in [1.807, 2.05) is 20.8 Å². The Hall–Kier alpha value is -2.37. The van der Waals surface area contributed by atoms with Crippen molar-refractivity contribution in [2.45, 2.75) is 46.1 Å². The number of likely N-dealkylation sites (tertiary alicyclic amines) is 1. The van der Waals surface area contributed by atoms with E-state index in [1.54, 1.807) is 24.0 Å². The van der Waals surface area contributed by atoms with Gasteiger partial charge in [-0.15, -0.1) is 0 Å². The zero-order valence-electron chi connectivity index (χ0n) is 15.8. The zero-order valence-corrected chi connectivity index (χ0v) is 15.8. The average molecular weight is 363 g/mol. The van der Waals surface area contributed by atoms with Crippen LogP contribution in [0.3, 0.4) is 0 Å². The molecule has 0 spiro atoms. The van der Waals surface area contributed by atoms with E-state index in [0.29, 0.717) is 26.1 Å². The summed E-state index contributed by atoms with van der Waals surface area (Å²) in [6.45, 7) is 8.43. The van der Waals surface area contributed by atoms with E-state index in [4.69, 9.17) is 9.47 Å². The van der Waals surface area contributed by atoms with Crippen molar-refractivity contribution in [3.63, 3.8) is 0 Å². The quantitative estimate of drug-likeness (QED) is 0.753. The highest BCUT2D eigenvalue weighted by Gasteiger charge is 2.29. The molecule has 1 fully saturated rings. The van der Waals surface area contributed by atoms with Crippen LogP contribution in [0.15, 0.2) is 29.8 Å². The van der Waals surface area contributed by atoms with E-state index in [9.17, 15) is 14.0 Å². The Balaban J connectivity index is 2.25. The summed E-state index contributed by atoms with van der Waals surface area (Å²) in [7, 11) is 0. The van der Waals surface area contributed by atoms with Crippen molar-refractivity contribution >= 4 is 17.6 Å². The van der Waals surface area contributed by atoms with Gasteiger partial charge in [0.2, 0.25) is 0 Å². The number of hydrogen-bond donors (Lipinski definition) is 0. The first-order chi connectivity index (χ1) is 12.2. The van der Waals surface area contributed by atoms with Crippen LogP contribution < -0.4 is 0 Å². The minimum atomic E-state index is -0.561. The molecule has 142 valence electrons. The maximum Gasteiger partial charge on any atom is 0.410 e. The number of carbonyl (C=O) groups excluding carboxylic acids is 2. The van der Waals surface area contributed by atoms with Gasteiger partial charge >= 0.3 is 12.1 Å². The first-order valence-corrected chi connectivity index (χ1v) is 8.80. The van der Waals surface area contributed by atoms with Gasteiger partial charge in [-0.3, -0.25) is 4.79 Å². The number of carbonyl (C=O) groups is 2. The lowest BCUT2D eigenvalue weighted by molar-refractivity contribution is -0.141. The maximum atomic E-state index is 13.3. The molecule has 6 heteroatoms. The van der Waals surface area contributed by atoms with Gasteiger partial charge < -0.3 is 14.4 Å². The smallest absolute Gasteiger partial charge is 0.410 e. The summed E-state index contributed by atoms with van der Waals surface area (Å²) < 4.78 is 23.7. The zero-order chi connectivity index (χ0) is 19.3. The molecule has 26 heavy (non-hydrogen) atoms. The Bertz CT molecular complexity index is 689. The SMILES string of the molecule is CCOC(=O)CC(=C1CCN(C(=O)OC(C)(C)C)C1)c1ccc(F)cc1. The van der Waals surface area contributed by atoms with Gasteiger partial charge in [-0.2, -0.15) is 0 Å². The summed E-state index contributed by atoms with van der Waals surface area (Å²) in [6.07, 6.45) is 0.365. The number of benzene rings is 1. The van der Waals surface area contributed by atoms with Crippen molar-refractivity contribution < 1.29 is 23.5 Å². The van der Waals surface area contributed by atoms with Crippen molar-refractivity contribution in [1.82, 2.24) is 4.90 Å². The number of rotatable bonds is 4. The van der Waals surface area contributed by atoms with E-state index < -0.39 is 5.60 Å². The van der Waals surface area contributed by atoms with Gasteiger partial charge in [0.25, 0.3) is 0 Å². The predicted molar refractivity (Wildman–Crippen MR) is 97.0 cm³/mol. The molecule has 1 saturated heterocycles. The summed E-state index contributed by atoms with van der Waals surface area (Å²) in [6, 6.07) is 6.02. The highest BCUT2D eigenvalue weighted by Crippen LogP contribution is 2.30. The molecule has 0 saturated carbocycles. The highest BCUT2D eigenvalue weighted by atomic mass is 19.1. The van der Waals surface area contributed by atoms with Gasteiger partial charge in [0.1, 0.15) is 11.4 Å². The van der Waals surface area contributed by atoms with Crippen LogP contribution >= 0.6 is 0 Å². The van der Waals surface area contributed by atoms with Gasteiger partial charge in [0.05, 0.1) is 13.0 Å². The molecule has 1 aromatic carbocycles.